The molecule has 0 heterocycles. The van der Waals surface area contributed by atoms with Gasteiger partial charge in [-0.05, 0) is 74.2 Å². The fraction of sp³-hybridized carbons (Fsp3) is 0.571. The molecular weight excluding hydrogens is 837 g/mol. The van der Waals surface area contributed by atoms with Crippen LogP contribution in [0.2, 0.25) is 36.3 Å². The molecule has 1 fully saturated rings. The molecule has 4 aromatic carbocycles. The SMILES string of the molecule is CCCC[Si](CCCC)(CCCC)c1ccc([P+](NP(c2ccccc2OC)c2ccccc2OC)(c2ccc([Si](CCCC)(CCCC)CCCC)cc2)C2CCCCC2)cc1. The van der Waals surface area contributed by atoms with E-state index in [0.717, 1.165) is 11.5 Å². The van der Waals surface area contributed by atoms with Crippen molar-refractivity contribution in [3.8, 4) is 11.5 Å². The van der Waals surface area contributed by atoms with Crippen molar-refractivity contribution in [2.75, 3.05) is 14.2 Å². The van der Waals surface area contributed by atoms with E-state index < -0.39 is 31.6 Å². The minimum Gasteiger partial charge on any atom is -0.496 e. The summed E-state index contributed by atoms with van der Waals surface area (Å²) < 4.78 is 12.5. The molecule has 0 aliphatic heterocycles. The van der Waals surface area contributed by atoms with Crippen molar-refractivity contribution in [3.05, 3.63) is 97.1 Å². The predicted molar refractivity (Wildman–Crippen MR) is 290 cm³/mol. The molecule has 3 nitrogen and oxygen atoms in total. The molecule has 7 heteroatoms. The first kappa shape index (κ1) is 51.7. The van der Waals surface area contributed by atoms with Gasteiger partial charge in [-0.1, -0.05) is 220 Å². The average Bonchev–Trinajstić information content (AvgIpc) is 3.35. The highest BCUT2D eigenvalue weighted by molar-refractivity contribution is 7.96. The van der Waals surface area contributed by atoms with Crippen LogP contribution in [0.3, 0.4) is 0 Å². The molecule has 346 valence electrons. The number of benzene rings is 4. The van der Waals surface area contributed by atoms with E-state index in [2.05, 4.69) is 139 Å². The number of unbranched alkanes of at least 4 members (excludes halogenated alkanes) is 6. The van der Waals surface area contributed by atoms with Crippen molar-refractivity contribution in [2.24, 2.45) is 0 Å². The third-order valence-electron chi connectivity index (χ3n) is 14.9. The van der Waals surface area contributed by atoms with Crippen LogP contribution in [0.5, 0.6) is 11.5 Å². The molecule has 0 saturated heterocycles. The zero-order valence-electron chi connectivity index (χ0n) is 41.3. The fourth-order valence-corrected chi connectivity index (χ4v) is 31.0. The highest BCUT2D eigenvalue weighted by Gasteiger charge is 2.53. The second kappa shape index (κ2) is 26.8. The molecule has 0 bridgehead atoms. The largest absolute Gasteiger partial charge is 0.496 e. The van der Waals surface area contributed by atoms with Crippen LogP contribution >= 0.6 is 15.5 Å². The van der Waals surface area contributed by atoms with E-state index in [4.69, 9.17) is 14.3 Å². The van der Waals surface area contributed by atoms with Crippen molar-refractivity contribution < 1.29 is 9.47 Å². The first-order chi connectivity index (χ1) is 30.8. The molecule has 4 aromatic rings. The minimum absolute atomic E-state index is 0.543. The van der Waals surface area contributed by atoms with E-state index >= 15 is 0 Å². The third kappa shape index (κ3) is 12.8. The van der Waals surface area contributed by atoms with E-state index in [1.165, 1.54) is 156 Å². The van der Waals surface area contributed by atoms with Crippen LogP contribution in [0.15, 0.2) is 97.1 Å². The van der Waals surface area contributed by atoms with Crippen molar-refractivity contribution >= 4 is 63.2 Å². The maximum Gasteiger partial charge on any atom is 0.153 e. The van der Waals surface area contributed by atoms with E-state index in [-0.39, 0.29) is 0 Å². The van der Waals surface area contributed by atoms with Gasteiger partial charge in [-0.15, -0.1) is 0 Å². The van der Waals surface area contributed by atoms with Crippen LogP contribution < -0.4 is 45.9 Å². The summed E-state index contributed by atoms with van der Waals surface area (Å²) >= 11 is 0. The Morgan fingerprint density at radius 3 is 1.13 bits per heavy atom. The van der Waals surface area contributed by atoms with Crippen LogP contribution in [0.4, 0.5) is 0 Å². The minimum atomic E-state index is -2.30. The van der Waals surface area contributed by atoms with Gasteiger partial charge in [0.15, 0.2) is 7.41 Å². The zero-order chi connectivity index (χ0) is 45.0. The summed E-state index contributed by atoms with van der Waals surface area (Å²) in [6.07, 6.45) is 22.3. The number of hydrogen-bond acceptors (Lipinski definition) is 3. The van der Waals surface area contributed by atoms with Crippen LogP contribution in [-0.4, -0.2) is 36.0 Å². The first-order valence-electron chi connectivity index (χ1n) is 25.8. The number of para-hydroxylation sites is 2. The summed E-state index contributed by atoms with van der Waals surface area (Å²) in [4.78, 5) is 4.81. The van der Waals surface area contributed by atoms with Crippen LogP contribution in [0, 0.1) is 0 Å². The van der Waals surface area contributed by atoms with Gasteiger partial charge in [0.05, 0.1) is 44.1 Å². The second-order valence-corrected chi connectivity index (χ2v) is 34.0. The molecule has 0 unspecified atom stereocenters. The van der Waals surface area contributed by atoms with Gasteiger partial charge in [-0.2, -0.15) is 4.86 Å². The molecule has 0 radical (unpaired) electrons. The highest BCUT2D eigenvalue weighted by Crippen LogP contribution is 2.65. The molecule has 1 N–H and O–H groups in total. The fourth-order valence-electron chi connectivity index (χ4n) is 11.1. The Kier molecular flexibility index (Phi) is 22.0. The van der Waals surface area contributed by atoms with Crippen molar-refractivity contribution in [2.45, 2.75) is 193 Å². The number of ether oxygens (including phenoxy) is 2. The lowest BCUT2D eigenvalue weighted by Crippen LogP contribution is -2.49. The highest BCUT2D eigenvalue weighted by atomic mass is 31.2. The van der Waals surface area contributed by atoms with E-state index in [1.54, 1.807) is 21.0 Å². The maximum absolute atomic E-state index is 6.25. The van der Waals surface area contributed by atoms with Crippen molar-refractivity contribution in [1.29, 1.82) is 0 Å². The second-order valence-electron chi connectivity index (χ2n) is 19.1. The Morgan fingerprint density at radius 1 is 0.476 bits per heavy atom. The van der Waals surface area contributed by atoms with Gasteiger partial charge in [-0.3, -0.25) is 0 Å². The lowest BCUT2D eigenvalue weighted by molar-refractivity contribution is 0.417. The van der Waals surface area contributed by atoms with E-state index in [9.17, 15) is 0 Å². The average molecular weight is 925 g/mol. The summed E-state index contributed by atoms with van der Waals surface area (Å²) in [5, 5.41) is 8.99. The van der Waals surface area contributed by atoms with Crippen LogP contribution in [0.1, 0.15) is 151 Å². The first-order valence-corrected chi connectivity index (χ1v) is 34.2. The monoisotopic (exact) mass is 925 g/mol. The molecular formula is C56H88NO2P2Si2+. The Morgan fingerprint density at radius 2 is 0.810 bits per heavy atom. The van der Waals surface area contributed by atoms with Gasteiger partial charge in [0.25, 0.3) is 0 Å². The number of methoxy groups -OCH3 is 2. The molecule has 0 spiro atoms. The zero-order valence-corrected chi connectivity index (χ0v) is 45.1. The number of hydrogen-bond donors (Lipinski definition) is 1. The lowest BCUT2D eigenvalue weighted by Gasteiger charge is -2.40. The third-order valence-corrected chi connectivity index (χ3v) is 33.4. The number of rotatable bonds is 29. The standard InChI is InChI=1S/C56H88NO2P2Si2/c1-9-15-42-62(43-16-10-2,44-17-11-3)51-38-34-49(35-39-51)61(48-28-22-21-23-29-48,50-36-40-52(41-37-50)63(45-18-12-4,46-19-13-5)47-20-14-6)57-60(55-32-26-24-30-53(55)58-7)56-33-27-25-31-54(56)59-8/h24-27,30-41,48,57H,9-23,28-29,42-47H2,1-8H3/q+1. The van der Waals surface area contributed by atoms with Gasteiger partial charge in [-0.25, -0.2) is 0 Å². The topological polar surface area (TPSA) is 30.5 Å². The van der Waals surface area contributed by atoms with E-state index in [0.29, 0.717) is 5.66 Å². The maximum atomic E-state index is 6.25. The van der Waals surface area contributed by atoms with Gasteiger partial charge >= 0.3 is 0 Å². The summed E-state index contributed by atoms with van der Waals surface area (Å²) in [5.41, 5.74) is 0.543. The van der Waals surface area contributed by atoms with Gasteiger partial charge < -0.3 is 9.47 Å². The molecule has 63 heavy (non-hydrogen) atoms. The van der Waals surface area contributed by atoms with Crippen LogP contribution in [0.25, 0.3) is 0 Å². The normalized spacial score (nSPS) is 14.0. The molecule has 1 aliphatic rings. The molecule has 0 aromatic heterocycles. The molecule has 0 amide bonds. The molecule has 0 atom stereocenters. The summed E-state index contributed by atoms with van der Waals surface area (Å²) in [6, 6.07) is 47.6. The smallest absolute Gasteiger partial charge is 0.153 e. The molecule has 5 rings (SSSR count). The predicted octanol–water partition coefficient (Wildman–Crippen LogP) is 14.7. The van der Waals surface area contributed by atoms with Gasteiger partial charge in [0.2, 0.25) is 0 Å². The number of nitrogens with one attached hydrogen (secondary N) is 1. The van der Waals surface area contributed by atoms with Crippen molar-refractivity contribution in [1.82, 2.24) is 4.86 Å². The Balaban J connectivity index is 1.82. The van der Waals surface area contributed by atoms with Gasteiger partial charge in [0, 0.05) is 10.6 Å². The Labute approximate surface area is 391 Å². The quantitative estimate of drug-likeness (QED) is 0.0435. The lowest BCUT2D eigenvalue weighted by atomic mass is 10.0. The Bertz CT molecular complexity index is 1710. The molecule has 1 aliphatic carbocycles. The van der Waals surface area contributed by atoms with Gasteiger partial charge in [0.1, 0.15) is 22.1 Å². The molecule has 1 saturated carbocycles. The van der Waals surface area contributed by atoms with Crippen molar-refractivity contribution in [3.63, 3.8) is 0 Å². The van der Waals surface area contributed by atoms with E-state index in [1.807, 2.05) is 14.2 Å². The summed E-state index contributed by atoms with van der Waals surface area (Å²) in [6.45, 7) is 14.4. The summed E-state index contributed by atoms with van der Waals surface area (Å²) in [5.74, 6) is 1.90. The summed E-state index contributed by atoms with van der Waals surface area (Å²) in [7, 11) is -3.11. The Hall–Kier alpha value is -2.27. The van der Waals surface area contributed by atoms with Crippen LogP contribution in [-0.2, 0) is 0 Å².